The first-order valence-corrected chi connectivity index (χ1v) is 7.97. The highest BCUT2D eigenvalue weighted by Gasteiger charge is 2.08. The molecular formula is C17H23NS. The molecule has 1 aliphatic rings. The summed E-state index contributed by atoms with van der Waals surface area (Å²) in [5.74, 6) is 0. The van der Waals surface area contributed by atoms with E-state index in [4.69, 9.17) is 0 Å². The lowest BCUT2D eigenvalue weighted by Crippen LogP contribution is -1.85. The van der Waals surface area contributed by atoms with Crippen LogP contribution in [0.5, 0.6) is 0 Å². The van der Waals surface area contributed by atoms with Crippen LogP contribution < -0.4 is 0 Å². The second-order valence-corrected chi connectivity index (χ2v) is 4.68. The van der Waals surface area contributed by atoms with E-state index in [0.717, 1.165) is 18.4 Å². The number of thiazole rings is 1. The van der Waals surface area contributed by atoms with Crippen molar-refractivity contribution in [2.45, 2.75) is 40.5 Å². The molecule has 0 saturated carbocycles. The Bertz CT molecular complexity index is 516. The zero-order valence-electron chi connectivity index (χ0n) is 12.3. The van der Waals surface area contributed by atoms with Crippen molar-refractivity contribution in [3.05, 3.63) is 47.5 Å². The molecule has 0 N–H and O–H groups in total. The van der Waals surface area contributed by atoms with Gasteiger partial charge in [-0.1, -0.05) is 58.1 Å². The molecule has 0 fully saturated rings. The van der Waals surface area contributed by atoms with Gasteiger partial charge < -0.3 is 0 Å². The average molecular weight is 273 g/mol. The van der Waals surface area contributed by atoms with Gasteiger partial charge >= 0.3 is 0 Å². The summed E-state index contributed by atoms with van der Waals surface area (Å²) in [6, 6.07) is 8.32. The van der Waals surface area contributed by atoms with Crippen molar-refractivity contribution in [2.24, 2.45) is 0 Å². The SMILES string of the molecule is C1=CCCC(c2nc3ccccc3s2)=C1.CC.CC. The highest BCUT2D eigenvalue weighted by Crippen LogP contribution is 2.30. The molecule has 0 unspecified atom stereocenters. The number of rotatable bonds is 1. The Labute approximate surface area is 120 Å². The van der Waals surface area contributed by atoms with Gasteiger partial charge in [-0.2, -0.15) is 0 Å². The normalized spacial score (nSPS) is 12.9. The molecule has 3 rings (SSSR count). The van der Waals surface area contributed by atoms with E-state index in [1.54, 1.807) is 11.3 Å². The Morgan fingerprint density at radius 2 is 1.79 bits per heavy atom. The molecule has 0 bridgehead atoms. The molecule has 0 atom stereocenters. The largest absolute Gasteiger partial charge is 0.236 e. The lowest BCUT2D eigenvalue weighted by atomic mass is 10.1. The minimum absolute atomic E-state index is 1.12. The van der Waals surface area contributed by atoms with Gasteiger partial charge in [0.1, 0.15) is 5.01 Å². The van der Waals surface area contributed by atoms with Crippen LogP contribution in [-0.4, -0.2) is 4.98 Å². The van der Waals surface area contributed by atoms with Gasteiger partial charge in [-0.25, -0.2) is 4.98 Å². The maximum Gasteiger partial charge on any atom is 0.120 e. The van der Waals surface area contributed by atoms with Crippen LogP contribution in [0.1, 0.15) is 45.5 Å². The highest BCUT2D eigenvalue weighted by molar-refractivity contribution is 7.19. The topological polar surface area (TPSA) is 12.9 Å². The maximum absolute atomic E-state index is 4.65. The van der Waals surface area contributed by atoms with Crippen molar-refractivity contribution in [1.82, 2.24) is 4.98 Å². The van der Waals surface area contributed by atoms with Crippen molar-refractivity contribution in [2.75, 3.05) is 0 Å². The van der Waals surface area contributed by atoms with Crippen LogP contribution in [0.3, 0.4) is 0 Å². The molecular weight excluding hydrogens is 250 g/mol. The molecule has 0 aliphatic heterocycles. The van der Waals surface area contributed by atoms with Crippen LogP contribution in [0.25, 0.3) is 15.8 Å². The quantitative estimate of drug-likeness (QED) is 0.613. The van der Waals surface area contributed by atoms with Crippen LogP contribution in [0, 0.1) is 0 Å². The predicted octanol–water partition coefficient (Wildman–Crippen LogP) is 6.08. The number of allylic oxidation sites excluding steroid dienone is 4. The lowest BCUT2D eigenvalue weighted by Gasteiger charge is -2.03. The summed E-state index contributed by atoms with van der Waals surface area (Å²) in [4.78, 5) is 4.65. The molecule has 0 spiro atoms. The van der Waals surface area contributed by atoms with Crippen molar-refractivity contribution >= 4 is 27.1 Å². The molecule has 102 valence electrons. The molecule has 0 saturated heterocycles. The van der Waals surface area contributed by atoms with Crippen molar-refractivity contribution in [3.8, 4) is 0 Å². The third-order valence-corrected chi connectivity index (χ3v) is 3.69. The molecule has 2 aromatic rings. The van der Waals surface area contributed by atoms with Crippen LogP contribution in [0.15, 0.2) is 42.5 Å². The van der Waals surface area contributed by atoms with E-state index in [0.29, 0.717) is 0 Å². The van der Waals surface area contributed by atoms with Gasteiger partial charge in [-0.3, -0.25) is 0 Å². The van der Waals surface area contributed by atoms with Gasteiger partial charge in [0.2, 0.25) is 0 Å². The van der Waals surface area contributed by atoms with Gasteiger partial charge in [0, 0.05) is 0 Å². The Hall–Kier alpha value is -1.41. The number of fused-ring (bicyclic) bond motifs is 1. The highest BCUT2D eigenvalue weighted by atomic mass is 32.1. The number of hydrogen-bond donors (Lipinski definition) is 0. The second kappa shape index (κ2) is 8.65. The Morgan fingerprint density at radius 1 is 1.05 bits per heavy atom. The number of nitrogens with zero attached hydrogens (tertiary/aromatic N) is 1. The van der Waals surface area contributed by atoms with E-state index >= 15 is 0 Å². The fourth-order valence-corrected chi connectivity index (χ4v) is 2.81. The third-order valence-electron chi connectivity index (χ3n) is 2.58. The number of para-hydroxylation sites is 1. The predicted molar refractivity (Wildman–Crippen MR) is 88.7 cm³/mol. The Morgan fingerprint density at radius 3 is 2.42 bits per heavy atom. The van der Waals surface area contributed by atoms with E-state index in [1.165, 1.54) is 15.3 Å². The summed E-state index contributed by atoms with van der Waals surface area (Å²) >= 11 is 1.79. The first-order valence-electron chi connectivity index (χ1n) is 7.15. The number of aromatic nitrogens is 1. The van der Waals surface area contributed by atoms with Gasteiger partial charge in [0.15, 0.2) is 0 Å². The zero-order valence-corrected chi connectivity index (χ0v) is 13.1. The van der Waals surface area contributed by atoms with Gasteiger partial charge in [0.25, 0.3) is 0 Å². The summed E-state index contributed by atoms with van der Waals surface area (Å²) in [5, 5.41) is 1.18. The summed E-state index contributed by atoms with van der Waals surface area (Å²) in [6.45, 7) is 8.00. The van der Waals surface area contributed by atoms with Crippen molar-refractivity contribution < 1.29 is 0 Å². The van der Waals surface area contributed by atoms with E-state index in [2.05, 4.69) is 41.4 Å². The summed E-state index contributed by atoms with van der Waals surface area (Å²) in [7, 11) is 0. The van der Waals surface area contributed by atoms with Crippen molar-refractivity contribution in [1.29, 1.82) is 0 Å². The fraction of sp³-hybridized carbons (Fsp3) is 0.353. The first-order chi connectivity index (χ1) is 9.43. The van der Waals surface area contributed by atoms with Gasteiger partial charge in [0.05, 0.1) is 10.2 Å². The molecule has 2 heteroatoms. The molecule has 1 nitrogen and oxygen atoms in total. The molecule has 0 radical (unpaired) electrons. The molecule has 1 aliphatic carbocycles. The van der Waals surface area contributed by atoms with Crippen LogP contribution >= 0.6 is 11.3 Å². The molecule has 19 heavy (non-hydrogen) atoms. The smallest absolute Gasteiger partial charge is 0.120 e. The Kier molecular flexibility index (Phi) is 7.12. The first kappa shape index (κ1) is 15.6. The van der Waals surface area contributed by atoms with E-state index < -0.39 is 0 Å². The standard InChI is InChI=1S/C13H11NS.2C2H6/c1-2-6-10(7-3-1)13-14-11-8-4-5-9-12(11)15-13;2*1-2/h1-2,4-6,8-9H,3,7H2;2*1-2H3. The zero-order chi connectivity index (χ0) is 14.1. The van der Waals surface area contributed by atoms with E-state index in [1.807, 2.05) is 33.8 Å². The summed E-state index contributed by atoms with van der Waals surface area (Å²) in [6.07, 6.45) is 8.78. The van der Waals surface area contributed by atoms with Crippen molar-refractivity contribution in [3.63, 3.8) is 0 Å². The monoisotopic (exact) mass is 273 g/mol. The summed E-state index contributed by atoms with van der Waals surface area (Å²) in [5.41, 5.74) is 2.49. The maximum atomic E-state index is 4.65. The van der Waals surface area contributed by atoms with Crippen LogP contribution in [0.2, 0.25) is 0 Å². The Balaban J connectivity index is 0.000000415. The number of hydrogen-bond acceptors (Lipinski definition) is 2. The second-order valence-electron chi connectivity index (χ2n) is 3.65. The van der Waals surface area contributed by atoms with Crippen LogP contribution in [-0.2, 0) is 0 Å². The minimum Gasteiger partial charge on any atom is -0.236 e. The molecule has 0 amide bonds. The average Bonchev–Trinajstić information content (AvgIpc) is 2.96. The molecule has 1 aromatic carbocycles. The van der Waals surface area contributed by atoms with E-state index in [9.17, 15) is 0 Å². The third kappa shape index (κ3) is 4.03. The van der Waals surface area contributed by atoms with Gasteiger partial charge in [-0.15, -0.1) is 11.3 Å². The van der Waals surface area contributed by atoms with E-state index in [-0.39, 0.29) is 0 Å². The number of benzene rings is 1. The minimum atomic E-state index is 1.12. The lowest BCUT2D eigenvalue weighted by molar-refractivity contribution is 1.05. The van der Waals surface area contributed by atoms with Gasteiger partial charge in [-0.05, 0) is 30.5 Å². The molecule has 1 aromatic heterocycles. The molecule has 1 heterocycles. The summed E-state index contributed by atoms with van der Waals surface area (Å²) < 4.78 is 1.28. The van der Waals surface area contributed by atoms with Crippen LogP contribution in [0.4, 0.5) is 0 Å². The fourth-order valence-electron chi connectivity index (χ4n) is 1.79.